The number of hydrogen-bond donors (Lipinski definition) is 3. The number of nitrogens with one attached hydrogen (secondary N) is 3. The van der Waals surface area contributed by atoms with E-state index in [1.807, 2.05) is 0 Å². The molecule has 2 unspecified atom stereocenters. The molecule has 7 rings (SSSR count). The van der Waals surface area contributed by atoms with Crippen LogP contribution in [0.15, 0.2) is 18.2 Å². The molecule has 0 radical (unpaired) electrons. The van der Waals surface area contributed by atoms with Gasteiger partial charge in [0, 0.05) is 18.5 Å². The maximum absolute atomic E-state index is 14.4. The van der Waals surface area contributed by atoms with Crippen molar-refractivity contribution in [3.63, 3.8) is 0 Å². The van der Waals surface area contributed by atoms with Gasteiger partial charge in [-0.25, -0.2) is 22.4 Å². The molecule has 0 spiro atoms. The Bertz CT molecular complexity index is 1760. The van der Waals surface area contributed by atoms with Crippen molar-refractivity contribution in [1.82, 2.24) is 25.2 Å². The number of hydrogen-bond acceptors (Lipinski definition) is 9. The number of amides is 5. The Labute approximate surface area is 302 Å². The standard InChI is InChI=1S/C36H48FN5O9S/c1-35(2,3)51-33(46)38-28-11-6-4-5-8-20-14-24(20)26-16-36(26,32(45)40-52(48,49)23-12-13-23)39-30(43)29-15-22(18-42(29)31(28)44)50-34(47)41-17-21-9-7-10-27(37)25(21)19-41/h7,9-10,20,22-24,26,28-29H,4-6,8,11-19H2,1-3H3,(H,38,46)(H,39,43)(H,40,45)/t20-,22+,24+,26?,28-,29-,36?/m0/s1. The summed E-state index contributed by atoms with van der Waals surface area (Å²) in [5.74, 6) is -2.19. The molecule has 1 aromatic carbocycles. The van der Waals surface area contributed by atoms with Crippen LogP contribution in [-0.2, 0) is 47.0 Å². The number of carbonyl (C=O) groups is 5. The van der Waals surface area contributed by atoms with Crippen LogP contribution in [0.2, 0.25) is 0 Å². The van der Waals surface area contributed by atoms with Gasteiger partial charge >= 0.3 is 12.2 Å². The van der Waals surface area contributed by atoms with Gasteiger partial charge < -0.3 is 25.0 Å². The molecule has 7 atom stereocenters. The van der Waals surface area contributed by atoms with Crippen molar-refractivity contribution in [2.45, 2.75) is 133 Å². The monoisotopic (exact) mass is 745 g/mol. The molecule has 3 N–H and O–H groups in total. The molecule has 1 aromatic rings. The maximum Gasteiger partial charge on any atom is 0.410 e. The van der Waals surface area contributed by atoms with E-state index in [9.17, 15) is 36.8 Å². The molecule has 5 fully saturated rings. The molecule has 0 aromatic heterocycles. The topological polar surface area (TPSA) is 181 Å². The van der Waals surface area contributed by atoms with Crippen LogP contribution >= 0.6 is 0 Å². The largest absolute Gasteiger partial charge is 0.444 e. The number of alkyl carbamates (subject to hydrolysis) is 1. The van der Waals surface area contributed by atoms with Gasteiger partial charge in [0.15, 0.2) is 0 Å². The average molecular weight is 746 g/mol. The minimum atomic E-state index is -3.90. The van der Waals surface area contributed by atoms with Crippen LogP contribution in [0.4, 0.5) is 14.0 Å². The summed E-state index contributed by atoms with van der Waals surface area (Å²) in [6.45, 7) is 5.08. The van der Waals surface area contributed by atoms with Crippen LogP contribution in [0.1, 0.15) is 96.1 Å². The van der Waals surface area contributed by atoms with E-state index in [2.05, 4.69) is 15.4 Å². The van der Waals surface area contributed by atoms with Gasteiger partial charge in [0.05, 0.1) is 18.3 Å². The van der Waals surface area contributed by atoms with E-state index in [1.165, 1.54) is 15.9 Å². The molecule has 3 heterocycles. The predicted octanol–water partition coefficient (Wildman–Crippen LogP) is 3.22. The van der Waals surface area contributed by atoms with Crippen LogP contribution in [0.5, 0.6) is 0 Å². The third kappa shape index (κ3) is 7.58. The van der Waals surface area contributed by atoms with Crippen LogP contribution in [0, 0.1) is 23.6 Å². The highest BCUT2D eigenvalue weighted by atomic mass is 32.2. The molecule has 2 saturated heterocycles. The first-order valence-electron chi connectivity index (χ1n) is 18.4. The minimum absolute atomic E-state index is 0.00689. The number of ether oxygens (including phenoxy) is 2. The van der Waals surface area contributed by atoms with Crippen molar-refractivity contribution in [3.8, 4) is 0 Å². The molecule has 14 nitrogen and oxygen atoms in total. The van der Waals surface area contributed by atoms with E-state index >= 15 is 0 Å². The maximum atomic E-state index is 14.4. The lowest BCUT2D eigenvalue weighted by Crippen LogP contribution is -2.58. The fourth-order valence-electron chi connectivity index (χ4n) is 8.29. The molecular weight excluding hydrogens is 697 g/mol. The Kier molecular flexibility index (Phi) is 9.43. The summed E-state index contributed by atoms with van der Waals surface area (Å²) in [4.78, 5) is 71.3. The third-order valence-corrected chi connectivity index (χ3v) is 13.1. The summed E-state index contributed by atoms with van der Waals surface area (Å²) in [5.41, 5.74) is -1.23. The molecule has 3 aliphatic heterocycles. The van der Waals surface area contributed by atoms with Gasteiger partial charge in [0.2, 0.25) is 21.8 Å². The normalized spacial score (nSPS) is 31.8. The van der Waals surface area contributed by atoms with E-state index < -0.39 is 80.3 Å². The number of benzene rings is 1. The molecule has 284 valence electrons. The Morgan fingerprint density at radius 3 is 2.48 bits per heavy atom. The number of halogens is 1. The molecule has 16 heteroatoms. The summed E-state index contributed by atoms with van der Waals surface area (Å²) >= 11 is 0. The Balaban J connectivity index is 1.14. The summed E-state index contributed by atoms with van der Waals surface area (Å²) < 4.78 is 53.7. The fourth-order valence-corrected chi connectivity index (χ4v) is 9.65. The highest BCUT2D eigenvalue weighted by Gasteiger charge is 2.69. The van der Waals surface area contributed by atoms with Crippen LogP contribution in [0.3, 0.4) is 0 Å². The summed E-state index contributed by atoms with van der Waals surface area (Å²) in [6, 6.07) is 2.37. The van der Waals surface area contributed by atoms with Crippen molar-refractivity contribution >= 4 is 39.9 Å². The molecule has 3 aliphatic carbocycles. The highest BCUT2D eigenvalue weighted by Crippen LogP contribution is 2.61. The zero-order valence-corrected chi connectivity index (χ0v) is 30.6. The zero-order valence-electron chi connectivity index (χ0n) is 29.8. The van der Waals surface area contributed by atoms with Gasteiger partial charge in [-0.1, -0.05) is 37.8 Å². The average Bonchev–Trinajstić information content (AvgIpc) is 4.00. The Morgan fingerprint density at radius 2 is 1.77 bits per heavy atom. The van der Waals surface area contributed by atoms with Crippen molar-refractivity contribution in [2.75, 3.05) is 6.54 Å². The smallest absolute Gasteiger partial charge is 0.410 e. The van der Waals surface area contributed by atoms with Crippen molar-refractivity contribution in [3.05, 3.63) is 35.1 Å². The van der Waals surface area contributed by atoms with E-state index in [0.29, 0.717) is 36.3 Å². The SMILES string of the molecule is CC(C)(C)OC(=O)N[C@H]1CCCCC[C@H]2C[C@H]2C2CC2(C(=O)NS(=O)(=O)C2CC2)NC(=O)[C@@H]2C[C@@H](OC(=O)N3Cc4cccc(F)c4C3)CN2C1=O. The number of sulfonamides is 1. The Hall–Kier alpha value is -3.95. The number of fused-ring (bicyclic) bond motifs is 5. The van der Waals surface area contributed by atoms with Crippen molar-refractivity contribution < 1.29 is 46.3 Å². The number of rotatable bonds is 5. The lowest BCUT2D eigenvalue weighted by Gasteiger charge is -2.30. The molecule has 52 heavy (non-hydrogen) atoms. The number of nitrogens with zero attached hydrogens (tertiary/aromatic N) is 2. The van der Waals surface area contributed by atoms with E-state index in [0.717, 1.165) is 25.7 Å². The van der Waals surface area contributed by atoms with Crippen LogP contribution in [0.25, 0.3) is 0 Å². The van der Waals surface area contributed by atoms with Gasteiger partial charge in [0.25, 0.3) is 5.91 Å². The second-order valence-electron chi connectivity index (χ2n) is 16.4. The van der Waals surface area contributed by atoms with Crippen molar-refractivity contribution in [1.29, 1.82) is 0 Å². The molecule has 5 amide bonds. The van der Waals surface area contributed by atoms with Crippen LogP contribution in [-0.4, -0.2) is 89.2 Å². The summed E-state index contributed by atoms with van der Waals surface area (Å²) in [6.07, 6.45) is 2.99. The highest BCUT2D eigenvalue weighted by molar-refractivity contribution is 7.91. The second kappa shape index (κ2) is 13.5. The second-order valence-corrected chi connectivity index (χ2v) is 18.4. The van der Waals surface area contributed by atoms with Gasteiger partial charge in [0.1, 0.15) is 35.1 Å². The lowest BCUT2D eigenvalue weighted by molar-refractivity contribution is -0.141. The minimum Gasteiger partial charge on any atom is -0.444 e. The van der Waals surface area contributed by atoms with Crippen LogP contribution < -0.4 is 15.4 Å². The summed E-state index contributed by atoms with van der Waals surface area (Å²) in [5, 5.41) is 4.95. The van der Waals surface area contributed by atoms with E-state index in [1.54, 1.807) is 32.9 Å². The first-order valence-corrected chi connectivity index (χ1v) is 20.0. The lowest BCUT2D eigenvalue weighted by atomic mass is 10.0. The van der Waals surface area contributed by atoms with Gasteiger partial charge in [-0.05, 0) is 82.3 Å². The molecule has 3 saturated carbocycles. The first-order chi connectivity index (χ1) is 24.5. The third-order valence-electron chi connectivity index (χ3n) is 11.3. The van der Waals surface area contributed by atoms with Gasteiger partial charge in [-0.15, -0.1) is 0 Å². The fraction of sp³-hybridized carbons (Fsp3) is 0.694. The molecule has 0 bridgehead atoms. The van der Waals surface area contributed by atoms with Crippen molar-refractivity contribution in [2.24, 2.45) is 17.8 Å². The van der Waals surface area contributed by atoms with Gasteiger partial charge in [-0.3, -0.25) is 24.0 Å². The molecule has 6 aliphatic rings. The number of carbonyl (C=O) groups excluding carboxylic acids is 5. The van der Waals surface area contributed by atoms with E-state index in [-0.39, 0.29) is 50.7 Å². The first kappa shape index (κ1) is 36.4. The summed E-state index contributed by atoms with van der Waals surface area (Å²) in [7, 11) is -3.90. The van der Waals surface area contributed by atoms with E-state index in [4.69, 9.17) is 9.47 Å². The predicted molar refractivity (Wildman–Crippen MR) is 183 cm³/mol. The molecular formula is C36H48FN5O9S. The van der Waals surface area contributed by atoms with Gasteiger partial charge in [-0.2, -0.15) is 0 Å². The zero-order chi connectivity index (χ0) is 37.2. The Morgan fingerprint density at radius 1 is 1.02 bits per heavy atom. The quantitative estimate of drug-likeness (QED) is 0.408.